The predicted molar refractivity (Wildman–Crippen MR) is 210 cm³/mol. The van der Waals surface area contributed by atoms with Gasteiger partial charge in [-0.25, -0.2) is 0 Å². The van der Waals surface area contributed by atoms with Gasteiger partial charge in [0.05, 0.1) is 29.8 Å². The van der Waals surface area contributed by atoms with Gasteiger partial charge in [0, 0.05) is 36.5 Å². The summed E-state index contributed by atoms with van der Waals surface area (Å²) in [6, 6.07) is 0. The van der Waals surface area contributed by atoms with E-state index in [9.17, 15) is 48.3 Å². The molecule has 56 heavy (non-hydrogen) atoms. The molecule has 8 amide bonds. The van der Waals surface area contributed by atoms with Gasteiger partial charge < -0.3 is 48.9 Å². The Hall–Kier alpha value is -4.35. The van der Waals surface area contributed by atoms with Gasteiger partial charge in [-0.05, 0) is 50.4 Å². The van der Waals surface area contributed by atoms with Crippen LogP contribution in [0.3, 0.4) is 0 Å². The minimum absolute atomic E-state index is 0.0481. The fraction of sp³-hybridized carbons (Fsp3) is 0.735. The molecule has 0 heterocycles. The van der Waals surface area contributed by atoms with Crippen LogP contribution in [-0.2, 0) is 43.2 Å². The van der Waals surface area contributed by atoms with Crippen molar-refractivity contribution in [1.29, 1.82) is 0 Å². The molecule has 0 aliphatic heterocycles. The third-order valence-electron chi connectivity index (χ3n) is 10.4. The van der Waals surface area contributed by atoms with Crippen molar-refractivity contribution < 1.29 is 53.9 Å². The van der Waals surface area contributed by atoms with Crippen molar-refractivity contribution in [3.8, 4) is 0 Å². The first-order chi connectivity index (χ1) is 28.4. The van der Waals surface area contributed by atoms with Gasteiger partial charge in [-0.3, -0.25) is 43.2 Å². The van der Waals surface area contributed by atoms with Crippen LogP contribution in [0.5, 0.6) is 0 Å². The van der Waals surface area contributed by atoms with Crippen LogP contribution in [0.4, 0.5) is 0 Å². The Bertz CT molecular complexity index is 1390. The molecule has 4 aliphatic carbocycles. The zero-order valence-electron chi connectivity index (χ0n) is 36.9. The van der Waals surface area contributed by atoms with E-state index in [0.717, 1.165) is 12.8 Å². The Labute approximate surface area is 337 Å². The first-order valence-electron chi connectivity index (χ1n) is 20.8. The second kappa shape index (κ2) is 24.3. The van der Waals surface area contributed by atoms with E-state index in [2.05, 4.69) is 20.9 Å². The first kappa shape index (κ1) is 42.8. The Morgan fingerprint density at radius 3 is 1.12 bits per heavy atom. The Morgan fingerprint density at radius 2 is 0.768 bits per heavy atom. The topological polar surface area (TPSA) is 326 Å². The number of aliphatic hydroxyl groups excluding tert-OH is 1. The molecule has 22 heteroatoms. The summed E-state index contributed by atoms with van der Waals surface area (Å²) in [6.45, 7) is 10.8. The smallest absolute Gasteiger partial charge is 0.242 e. The van der Waals surface area contributed by atoms with Crippen molar-refractivity contribution in [2.75, 3.05) is 0 Å². The van der Waals surface area contributed by atoms with E-state index < -0.39 is 41.6 Å². The lowest BCUT2D eigenvalue weighted by molar-refractivity contribution is -0.131. The minimum atomic E-state index is -0.699. The number of amides is 8. The molecule has 0 saturated heterocycles. The van der Waals surface area contributed by atoms with E-state index in [0.29, 0.717) is 24.7 Å². The number of aliphatic hydroxyl groups is 1. The number of ketones is 1. The van der Waals surface area contributed by atoms with Crippen LogP contribution in [-0.4, -0.2) is 93.9 Å². The van der Waals surface area contributed by atoms with Crippen LogP contribution in [0, 0.1) is 59.2 Å². The van der Waals surface area contributed by atoms with E-state index in [4.69, 9.17) is 5.65 Å². The highest BCUT2D eigenvalue weighted by atomic mass is 16.3. The zero-order chi connectivity index (χ0) is 45.7. The number of rotatable bonds is 12. The Kier molecular flexibility index (Phi) is 18.6. The fourth-order valence-corrected chi connectivity index (χ4v) is 7.74. The maximum atomic E-state index is 11.6. The normalized spacial score (nSPS) is 30.6. The van der Waals surface area contributed by atoms with Crippen LogP contribution >= 0.6 is 0 Å². The van der Waals surface area contributed by atoms with E-state index in [1.807, 2.05) is 25.3 Å². The van der Waals surface area contributed by atoms with Gasteiger partial charge in [0.15, 0.2) is 5.65 Å². The molecule has 0 aromatic heterocycles. The number of carbonyl (C=O) groups excluding carboxylic acids is 9. The Morgan fingerprint density at radius 1 is 0.500 bits per heavy atom. The summed E-state index contributed by atoms with van der Waals surface area (Å²) >= 11 is 0. The summed E-state index contributed by atoms with van der Waals surface area (Å²) in [5.41, 5.74) is 7.24. The molecule has 4 aliphatic rings. The van der Waals surface area contributed by atoms with Gasteiger partial charge in [-0.15, -0.1) is 0 Å². The first-order valence-corrected chi connectivity index (χ1v) is 18.8. The third-order valence-corrected chi connectivity index (χ3v) is 10.4. The van der Waals surface area contributed by atoms with E-state index in [1.165, 1.54) is 14.8 Å². The number of hydrogen-bond donors (Lipinski definition) is 9. The summed E-state index contributed by atoms with van der Waals surface area (Å²) < 4.78 is 27.1. The summed E-state index contributed by atoms with van der Waals surface area (Å²) in [5.74, 6) is -5.78. The standard InChI is InChI=1S/2C9H16BN2O2.C8H14BN2O3.C8H12BN2O3/c2*1-5-3-6(8(11)13)7(4-5)9(14)12-10-2;2*1-9-11-8(14)6-3-4(12)2-5(6)7(10)13/h2*5-7H,3-4H2,1-2H3,(H2,11,13)(H,12,14);4-6,12H,2-3H2,1H3,(H2,10,13)(H,11,14);5-6H,2-3H2,1H3,(H2,10,13)(H,11,14)/t2*5?,6-,7?;4?,5-,6?;5-,6?/m0000/s1/i/hD4. The number of Topliss-reactive ketones (excluding diaryl/α,β-unsaturated/α-hetero) is 1. The molecular weight excluding hydrogens is 724 g/mol. The van der Waals surface area contributed by atoms with Crippen LogP contribution in [0.25, 0.3) is 0 Å². The van der Waals surface area contributed by atoms with E-state index in [1.54, 1.807) is 53.6 Å². The van der Waals surface area contributed by atoms with Crippen molar-refractivity contribution in [2.24, 2.45) is 82.1 Å². The van der Waals surface area contributed by atoms with Gasteiger partial charge in [0.1, 0.15) is 5.78 Å². The van der Waals surface area contributed by atoms with Crippen LogP contribution in [0.1, 0.15) is 65.2 Å². The molecule has 0 aromatic rings. The number of nitrogens with two attached hydrogens (primary N) is 4. The molecule has 18 nitrogen and oxygen atoms in total. The third kappa shape index (κ3) is 15.3. The molecule has 4 saturated carbocycles. The predicted octanol–water partition coefficient (Wildman–Crippen LogP) is -2.67. The van der Waals surface area contributed by atoms with Crippen molar-refractivity contribution in [3.05, 3.63) is 0 Å². The highest BCUT2D eigenvalue weighted by Crippen LogP contribution is 2.37. The van der Waals surface area contributed by atoms with Crippen molar-refractivity contribution in [3.63, 3.8) is 0 Å². The maximum absolute atomic E-state index is 11.6. The minimum Gasteiger partial charge on any atom is -0.403 e. The number of nitrogens with one attached hydrogen (secondary N) is 4. The van der Waals surface area contributed by atoms with Gasteiger partial charge in [0.25, 0.3) is 0 Å². The summed E-state index contributed by atoms with van der Waals surface area (Å²) in [6.07, 6.45) is 2.82. The van der Waals surface area contributed by atoms with Crippen molar-refractivity contribution >= 4 is 82.7 Å². The average molecular weight is 786 g/mol. The quantitative estimate of drug-likeness (QED) is 0.0924. The molecule has 0 bridgehead atoms. The molecule has 11 atom stereocenters. The van der Waals surface area contributed by atoms with Crippen LogP contribution in [0.15, 0.2) is 0 Å². The number of hydrogen-bond acceptors (Lipinski definition) is 10. The highest BCUT2D eigenvalue weighted by Gasteiger charge is 2.43. The maximum Gasteiger partial charge on any atom is 0.242 e. The van der Waals surface area contributed by atoms with Gasteiger partial charge in [0.2, 0.25) is 76.9 Å². The van der Waals surface area contributed by atoms with Gasteiger partial charge in [-0.2, -0.15) is 0 Å². The molecule has 306 valence electrons. The Balaban J connectivity index is 0.000000400. The largest absolute Gasteiger partial charge is 0.403 e. The van der Waals surface area contributed by atoms with Gasteiger partial charge in [-0.1, -0.05) is 41.1 Å². The summed E-state index contributed by atoms with van der Waals surface area (Å²) in [5, 5.41) is 19.6. The second-order valence-electron chi connectivity index (χ2n) is 14.7. The second-order valence-corrected chi connectivity index (χ2v) is 14.7. The zero-order valence-corrected chi connectivity index (χ0v) is 32.9. The monoisotopic (exact) mass is 786 g/mol. The number of primary amides is 4. The number of carbonyl (C=O) groups is 9. The average Bonchev–Trinajstić information content (AvgIpc) is 4.02. The molecule has 4 rings (SSSR count). The van der Waals surface area contributed by atoms with Crippen LogP contribution < -0.4 is 43.8 Å². The lowest BCUT2D eigenvalue weighted by Gasteiger charge is -2.15. The summed E-state index contributed by atoms with van der Waals surface area (Å²) in [7, 11) is 6.09. The molecule has 13 N–H and O–H groups in total. The molecule has 0 spiro atoms. The lowest BCUT2D eigenvalue weighted by atomic mass is 9.91. The van der Waals surface area contributed by atoms with Crippen molar-refractivity contribution in [1.82, 2.24) is 20.9 Å². The highest BCUT2D eigenvalue weighted by molar-refractivity contribution is 6.36. The molecule has 4 fully saturated rings. The molecule has 7 unspecified atom stereocenters. The SMILES string of the molecule is [2H]NC(=O)[C@H]1CC(=O)CC1C(=O)N[B]C.[2H]NC(=O)[C@H]1CC(C)CC1C(=O)N[B]C.[2H]NC(=O)[C@H]1CC(C)CC1C(=O)N[B]C.[2H]NC(=O)[C@H]1CC(O)CC1C(=O)N[B]C. The van der Waals surface area contributed by atoms with Gasteiger partial charge >= 0.3 is 0 Å². The summed E-state index contributed by atoms with van der Waals surface area (Å²) in [4.78, 5) is 103. The molecule has 0 aromatic carbocycles. The molecular formula is C34H58B4N8O10. The van der Waals surface area contributed by atoms with Crippen molar-refractivity contribution in [2.45, 2.75) is 98.6 Å². The molecule has 4 radical (unpaired) electrons. The van der Waals surface area contributed by atoms with E-state index in [-0.39, 0.29) is 90.6 Å². The fourth-order valence-electron chi connectivity index (χ4n) is 7.74. The lowest BCUT2D eigenvalue weighted by Crippen LogP contribution is -2.38. The van der Waals surface area contributed by atoms with E-state index >= 15 is 0 Å². The van der Waals surface area contributed by atoms with Crippen LogP contribution in [0.2, 0.25) is 32.9 Å².